The van der Waals surface area contributed by atoms with Gasteiger partial charge < -0.3 is 9.88 Å². The van der Waals surface area contributed by atoms with Gasteiger partial charge >= 0.3 is 0 Å². The smallest absolute Gasteiger partial charge is 0.282 e. The van der Waals surface area contributed by atoms with E-state index in [-0.39, 0.29) is 25.1 Å². The Morgan fingerprint density at radius 3 is 2.78 bits per heavy atom. The van der Waals surface area contributed by atoms with Crippen molar-refractivity contribution in [1.29, 1.82) is 5.26 Å². The SMILES string of the molecule is CN(CC1CCCN1S(=O)(=O)CCCC#N)S(=O)(=O)N1CCN(c2ncnc3[nH]ccc23)CC12CC2. The van der Waals surface area contributed by atoms with Gasteiger partial charge in [-0.2, -0.15) is 26.6 Å². The minimum atomic E-state index is -3.79. The molecule has 2 aromatic rings. The largest absolute Gasteiger partial charge is 0.353 e. The monoisotopic (exact) mass is 536 g/mol. The zero-order chi connectivity index (χ0) is 25.6. The molecule has 0 aromatic carbocycles. The molecule has 1 N–H and O–H groups in total. The molecular weight excluding hydrogens is 504 g/mol. The van der Waals surface area contributed by atoms with Crippen LogP contribution in [0.15, 0.2) is 18.6 Å². The average molecular weight is 537 g/mol. The number of piperazine rings is 1. The van der Waals surface area contributed by atoms with E-state index < -0.39 is 31.8 Å². The van der Waals surface area contributed by atoms with Gasteiger partial charge in [0.2, 0.25) is 10.0 Å². The third-order valence-electron chi connectivity index (χ3n) is 7.56. The van der Waals surface area contributed by atoms with Gasteiger partial charge in [0.15, 0.2) is 0 Å². The highest BCUT2D eigenvalue weighted by Gasteiger charge is 2.57. The summed E-state index contributed by atoms with van der Waals surface area (Å²) in [5.41, 5.74) is 0.279. The van der Waals surface area contributed by atoms with Crippen molar-refractivity contribution in [1.82, 2.24) is 27.9 Å². The van der Waals surface area contributed by atoms with E-state index >= 15 is 0 Å². The van der Waals surface area contributed by atoms with Crippen LogP contribution in [0.4, 0.5) is 5.82 Å². The molecule has 1 unspecified atom stereocenters. The third kappa shape index (κ3) is 4.58. The Labute approximate surface area is 212 Å². The van der Waals surface area contributed by atoms with Crippen molar-refractivity contribution in [3.63, 3.8) is 0 Å². The first kappa shape index (κ1) is 25.3. The molecule has 3 aliphatic rings. The summed E-state index contributed by atoms with van der Waals surface area (Å²) in [5.74, 6) is 0.719. The minimum absolute atomic E-state index is 0.0873. The predicted octanol–water partition coefficient (Wildman–Crippen LogP) is 0.887. The standard InChI is InChI=1S/C22H32N8O4S2/c1-27(15-18-5-4-11-29(18)35(31,32)14-3-2-9-23)36(33,34)30-13-12-28(16-22(30)7-8-22)21-19-6-10-24-20(19)25-17-26-21/h6,10,17-18H,2-5,7-8,11-16H2,1H3,(H,24,25,26). The van der Waals surface area contributed by atoms with Crippen molar-refractivity contribution in [2.24, 2.45) is 0 Å². The quantitative estimate of drug-likeness (QED) is 0.465. The first-order valence-corrected chi connectivity index (χ1v) is 15.3. The van der Waals surface area contributed by atoms with Crippen molar-refractivity contribution in [3.05, 3.63) is 18.6 Å². The predicted molar refractivity (Wildman–Crippen MR) is 135 cm³/mol. The van der Waals surface area contributed by atoms with Crippen LogP contribution in [0, 0.1) is 11.3 Å². The van der Waals surface area contributed by atoms with Gasteiger partial charge in [-0.15, -0.1) is 0 Å². The maximum Gasteiger partial charge on any atom is 0.282 e. The van der Waals surface area contributed by atoms with Crippen molar-refractivity contribution >= 4 is 37.1 Å². The second kappa shape index (κ2) is 9.53. The summed E-state index contributed by atoms with van der Waals surface area (Å²) in [6, 6.07) is 3.52. The van der Waals surface area contributed by atoms with Gasteiger partial charge in [0.05, 0.1) is 22.7 Å². The second-order valence-electron chi connectivity index (χ2n) is 9.93. The number of fused-ring (bicyclic) bond motifs is 1. The van der Waals surface area contributed by atoms with Gasteiger partial charge in [-0.05, 0) is 38.2 Å². The molecule has 2 aliphatic heterocycles. The summed E-state index contributed by atoms with van der Waals surface area (Å²) >= 11 is 0. The number of H-pyrrole nitrogens is 1. The molecule has 1 spiro atoms. The van der Waals surface area contributed by atoms with E-state index in [2.05, 4.69) is 19.9 Å². The van der Waals surface area contributed by atoms with Crippen LogP contribution in [0.5, 0.6) is 0 Å². The summed E-state index contributed by atoms with van der Waals surface area (Å²) in [4.78, 5) is 14.0. The number of unbranched alkanes of at least 4 members (excludes halogenated alkanes) is 1. The molecule has 0 amide bonds. The van der Waals surface area contributed by atoms with Crippen molar-refractivity contribution in [2.45, 2.75) is 50.1 Å². The van der Waals surface area contributed by atoms with Crippen molar-refractivity contribution in [3.8, 4) is 6.07 Å². The highest BCUT2D eigenvalue weighted by atomic mass is 32.2. The molecule has 0 radical (unpaired) electrons. The summed E-state index contributed by atoms with van der Waals surface area (Å²) in [6.45, 7) is 1.91. The lowest BCUT2D eigenvalue weighted by atomic mass is 10.2. The van der Waals surface area contributed by atoms with Crippen molar-refractivity contribution < 1.29 is 16.8 Å². The number of nitrogens with zero attached hydrogens (tertiary/aromatic N) is 7. The molecule has 1 aliphatic carbocycles. The second-order valence-corrected chi connectivity index (χ2v) is 13.9. The van der Waals surface area contributed by atoms with E-state index in [1.54, 1.807) is 11.4 Å². The van der Waals surface area contributed by atoms with Gasteiger partial charge in [0.25, 0.3) is 10.2 Å². The fourth-order valence-electron chi connectivity index (χ4n) is 5.53. The van der Waals surface area contributed by atoms with Gasteiger partial charge in [0, 0.05) is 58.4 Å². The maximum absolute atomic E-state index is 13.7. The number of nitriles is 1. The van der Waals surface area contributed by atoms with Gasteiger partial charge in [-0.25, -0.2) is 18.4 Å². The molecule has 14 heteroatoms. The molecule has 196 valence electrons. The third-order valence-corrected chi connectivity index (χ3v) is 11.6. The Bertz CT molecular complexity index is 1370. The van der Waals surface area contributed by atoms with E-state index in [0.717, 1.165) is 29.7 Å². The van der Waals surface area contributed by atoms with E-state index in [9.17, 15) is 16.8 Å². The average Bonchev–Trinajstić information content (AvgIpc) is 3.24. The number of hydrogen-bond donors (Lipinski definition) is 1. The fraction of sp³-hybridized carbons (Fsp3) is 0.682. The topological polar surface area (TPSA) is 147 Å². The number of rotatable bonds is 9. The first-order valence-electron chi connectivity index (χ1n) is 12.3. The number of anilines is 1. The molecule has 1 atom stereocenters. The Balaban J connectivity index is 1.28. The molecule has 5 rings (SSSR count). The summed E-state index contributed by atoms with van der Waals surface area (Å²) in [7, 11) is -5.77. The lowest BCUT2D eigenvalue weighted by molar-refractivity contribution is 0.242. The van der Waals surface area contributed by atoms with Crippen LogP contribution in [0.2, 0.25) is 0 Å². The summed E-state index contributed by atoms with van der Waals surface area (Å²) in [5, 5.41) is 9.65. The van der Waals surface area contributed by atoms with Crippen LogP contribution < -0.4 is 4.90 Å². The molecule has 4 heterocycles. The van der Waals surface area contributed by atoms with Gasteiger partial charge in [-0.1, -0.05) is 0 Å². The Kier molecular flexibility index (Phi) is 6.71. The number of likely N-dealkylation sites (N-methyl/N-ethyl adjacent to an activating group) is 1. The molecule has 0 bridgehead atoms. The summed E-state index contributed by atoms with van der Waals surface area (Å²) < 4.78 is 57.5. The fourth-order valence-corrected chi connectivity index (χ4v) is 9.05. The molecular formula is C22H32N8O4S2. The van der Waals surface area contributed by atoms with Crippen LogP contribution in [0.1, 0.15) is 38.5 Å². The summed E-state index contributed by atoms with van der Waals surface area (Å²) in [6.07, 6.45) is 6.69. The van der Waals surface area contributed by atoms with Gasteiger partial charge in [-0.3, -0.25) is 0 Å². The van der Waals surface area contributed by atoms with E-state index in [4.69, 9.17) is 5.26 Å². The number of aromatic amines is 1. The van der Waals surface area contributed by atoms with E-state index in [1.165, 1.54) is 14.9 Å². The Hall–Kier alpha value is -2.31. The van der Waals surface area contributed by atoms with Crippen LogP contribution in [0.25, 0.3) is 11.0 Å². The maximum atomic E-state index is 13.7. The highest BCUT2D eigenvalue weighted by molar-refractivity contribution is 7.89. The van der Waals surface area contributed by atoms with Gasteiger partial charge in [0.1, 0.15) is 17.8 Å². The number of aromatic nitrogens is 3. The van der Waals surface area contributed by atoms with Crippen LogP contribution in [-0.4, -0.2) is 102 Å². The van der Waals surface area contributed by atoms with E-state index in [0.29, 0.717) is 39.0 Å². The number of hydrogen-bond acceptors (Lipinski definition) is 8. The number of sulfonamides is 1. The van der Waals surface area contributed by atoms with Crippen molar-refractivity contribution in [2.75, 3.05) is 50.4 Å². The zero-order valence-electron chi connectivity index (χ0n) is 20.4. The van der Waals surface area contributed by atoms with E-state index in [1.807, 2.05) is 18.3 Å². The molecule has 2 saturated heterocycles. The molecule has 36 heavy (non-hydrogen) atoms. The highest BCUT2D eigenvalue weighted by Crippen LogP contribution is 2.47. The normalized spacial score (nSPS) is 23.0. The lowest BCUT2D eigenvalue weighted by Crippen LogP contribution is -2.60. The molecule has 1 saturated carbocycles. The zero-order valence-corrected chi connectivity index (χ0v) is 22.0. The molecule has 12 nitrogen and oxygen atoms in total. The van der Waals surface area contributed by atoms with Crippen LogP contribution >= 0.6 is 0 Å². The lowest BCUT2D eigenvalue weighted by Gasteiger charge is -2.43. The Morgan fingerprint density at radius 1 is 1.22 bits per heavy atom. The molecule has 2 aromatic heterocycles. The first-order chi connectivity index (χ1) is 17.2. The Morgan fingerprint density at radius 2 is 2.03 bits per heavy atom. The van der Waals surface area contributed by atoms with Crippen LogP contribution in [0.3, 0.4) is 0 Å². The van der Waals surface area contributed by atoms with Crippen LogP contribution in [-0.2, 0) is 20.2 Å². The molecule has 3 fully saturated rings. The number of nitrogens with one attached hydrogen (secondary N) is 1. The minimum Gasteiger partial charge on any atom is -0.353 e.